The third kappa shape index (κ3) is 2.02. The number of amides is 1. The Hall–Kier alpha value is -2.09. The Labute approximate surface area is 107 Å². The summed E-state index contributed by atoms with van der Waals surface area (Å²) in [4.78, 5) is 14.2. The van der Waals surface area contributed by atoms with Gasteiger partial charge in [-0.3, -0.25) is 4.79 Å². The molecule has 90 valence electrons. The molecule has 1 heterocycles. The maximum Gasteiger partial charge on any atom is 0.234 e. The van der Waals surface area contributed by atoms with Gasteiger partial charge >= 0.3 is 0 Å². The molecule has 2 aliphatic rings. The van der Waals surface area contributed by atoms with Gasteiger partial charge in [-0.1, -0.05) is 60.7 Å². The van der Waals surface area contributed by atoms with Crippen molar-refractivity contribution in [3.8, 4) is 0 Å². The van der Waals surface area contributed by atoms with Crippen molar-refractivity contribution >= 4 is 5.91 Å². The minimum Gasteiger partial charge on any atom is -0.334 e. The number of carbonyl (C=O) groups excluding carboxylic acids is 1. The Morgan fingerprint density at radius 2 is 1.94 bits per heavy atom. The first kappa shape index (κ1) is 11.0. The lowest BCUT2D eigenvalue weighted by atomic mass is 10.0. The van der Waals surface area contributed by atoms with E-state index in [-0.39, 0.29) is 11.8 Å². The summed E-state index contributed by atoms with van der Waals surface area (Å²) in [6.07, 6.45) is 9.99. The predicted molar refractivity (Wildman–Crippen MR) is 71.7 cm³/mol. The Morgan fingerprint density at radius 3 is 2.78 bits per heavy atom. The van der Waals surface area contributed by atoms with Crippen LogP contribution in [0, 0.1) is 5.92 Å². The second-order valence-corrected chi connectivity index (χ2v) is 4.67. The van der Waals surface area contributed by atoms with Crippen LogP contribution < -0.4 is 0 Å². The number of carbonyl (C=O) groups is 1. The van der Waals surface area contributed by atoms with Crippen molar-refractivity contribution in [1.29, 1.82) is 0 Å². The molecule has 1 saturated heterocycles. The summed E-state index contributed by atoms with van der Waals surface area (Å²) < 4.78 is 0. The van der Waals surface area contributed by atoms with E-state index in [4.69, 9.17) is 0 Å². The monoisotopic (exact) mass is 237 g/mol. The van der Waals surface area contributed by atoms with Gasteiger partial charge in [0, 0.05) is 13.1 Å². The third-order valence-electron chi connectivity index (χ3n) is 3.40. The van der Waals surface area contributed by atoms with Gasteiger partial charge in [0.2, 0.25) is 5.91 Å². The van der Waals surface area contributed by atoms with Gasteiger partial charge in [0.25, 0.3) is 0 Å². The zero-order valence-corrected chi connectivity index (χ0v) is 10.1. The van der Waals surface area contributed by atoms with Gasteiger partial charge in [0.05, 0.1) is 5.92 Å². The standard InChI is InChI=1S/C16H15NO/c18-16-15-10-6-2-5-9-14(15)12-17(16)11-13-7-3-1-4-8-13/h1-10,15H,11-12H2. The van der Waals surface area contributed by atoms with E-state index in [1.165, 1.54) is 11.1 Å². The van der Waals surface area contributed by atoms with Crippen LogP contribution in [-0.4, -0.2) is 17.4 Å². The quantitative estimate of drug-likeness (QED) is 0.774. The average Bonchev–Trinajstić information content (AvgIpc) is 2.58. The number of hydrogen-bond acceptors (Lipinski definition) is 1. The van der Waals surface area contributed by atoms with Crippen molar-refractivity contribution in [2.24, 2.45) is 5.92 Å². The lowest BCUT2D eigenvalue weighted by molar-refractivity contribution is -0.130. The Bertz CT molecular complexity index is 539. The van der Waals surface area contributed by atoms with E-state index in [0.717, 1.165) is 6.54 Å². The summed E-state index contributed by atoms with van der Waals surface area (Å²) in [5.74, 6) is 0.161. The van der Waals surface area contributed by atoms with Gasteiger partial charge in [-0.05, 0) is 11.1 Å². The van der Waals surface area contributed by atoms with Crippen molar-refractivity contribution in [3.05, 3.63) is 71.8 Å². The summed E-state index contributed by atoms with van der Waals surface area (Å²) in [6.45, 7) is 1.44. The van der Waals surface area contributed by atoms with Crippen LogP contribution in [0.1, 0.15) is 5.56 Å². The topological polar surface area (TPSA) is 20.3 Å². The third-order valence-corrected chi connectivity index (χ3v) is 3.40. The van der Waals surface area contributed by atoms with Crippen LogP contribution in [0.2, 0.25) is 0 Å². The molecule has 1 aliphatic heterocycles. The molecule has 0 radical (unpaired) electrons. The lowest BCUT2D eigenvalue weighted by Crippen LogP contribution is -2.26. The molecule has 18 heavy (non-hydrogen) atoms. The maximum atomic E-state index is 12.3. The molecule has 0 aromatic heterocycles. The van der Waals surface area contributed by atoms with Gasteiger partial charge in [0.1, 0.15) is 0 Å². The van der Waals surface area contributed by atoms with E-state index in [1.807, 2.05) is 47.4 Å². The lowest BCUT2D eigenvalue weighted by Gasteiger charge is -2.15. The molecular formula is C16H15NO. The number of fused-ring (bicyclic) bond motifs is 1. The van der Waals surface area contributed by atoms with Gasteiger partial charge in [-0.15, -0.1) is 0 Å². The highest BCUT2D eigenvalue weighted by molar-refractivity contribution is 5.87. The Kier molecular flexibility index (Phi) is 2.85. The van der Waals surface area contributed by atoms with Crippen molar-refractivity contribution in [3.63, 3.8) is 0 Å². The zero-order chi connectivity index (χ0) is 12.4. The largest absolute Gasteiger partial charge is 0.334 e. The fourth-order valence-corrected chi connectivity index (χ4v) is 2.47. The predicted octanol–water partition coefficient (Wildman–Crippen LogP) is 2.70. The molecule has 3 rings (SSSR count). The molecule has 1 unspecified atom stereocenters. The number of likely N-dealkylation sites (tertiary alicyclic amines) is 1. The highest BCUT2D eigenvalue weighted by Crippen LogP contribution is 2.28. The summed E-state index contributed by atoms with van der Waals surface area (Å²) in [7, 11) is 0. The fourth-order valence-electron chi connectivity index (χ4n) is 2.47. The van der Waals surface area contributed by atoms with Crippen LogP contribution >= 0.6 is 0 Å². The summed E-state index contributed by atoms with van der Waals surface area (Å²) in [6, 6.07) is 10.1. The molecule has 1 amide bonds. The van der Waals surface area contributed by atoms with Crippen molar-refractivity contribution in [2.45, 2.75) is 6.54 Å². The molecule has 0 spiro atoms. The van der Waals surface area contributed by atoms with Gasteiger partial charge in [0.15, 0.2) is 0 Å². The Balaban J connectivity index is 1.80. The molecule has 1 atom stereocenters. The average molecular weight is 237 g/mol. The number of allylic oxidation sites excluding steroid dienone is 4. The van der Waals surface area contributed by atoms with E-state index in [0.29, 0.717) is 6.54 Å². The molecule has 2 heteroatoms. The fraction of sp³-hybridized carbons (Fsp3) is 0.188. The van der Waals surface area contributed by atoms with Crippen LogP contribution in [0.15, 0.2) is 66.3 Å². The molecular weight excluding hydrogens is 222 g/mol. The summed E-state index contributed by atoms with van der Waals surface area (Å²) >= 11 is 0. The molecule has 0 bridgehead atoms. The molecule has 0 N–H and O–H groups in total. The first-order valence-electron chi connectivity index (χ1n) is 6.21. The normalized spacial score (nSPS) is 21.8. The number of benzene rings is 1. The Morgan fingerprint density at radius 1 is 1.11 bits per heavy atom. The van der Waals surface area contributed by atoms with Crippen LogP contribution in [0.3, 0.4) is 0 Å². The molecule has 2 nitrogen and oxygen atoms in total. The van der Waals surface area contributed by atoms with E-state index in [1.54, 1.807) is 0 Å². The van der Waals surface area contributed by atoms with E-state index < -0.39 is 0 Å². The summed E-state index contributed by atoms with van der Waals surface area (Å²) in [5.41, 5.74) is 2.38. The molecule has 1 aliphatic carbocycles. The highest BCUT2D eigenvalue weighted by Gasteiger charge is 2.33. The van der Waals surface area contributed by atoms with Crippen molar-refractivity contribution in [1.82, 2.24) is 4.90 Å². The highest BCUT2D eigenvalue weighted by atomic mass is 16.2. The molecule has 1 fully saturated rings. The van der Waals surface area contributed by atoms with Gasteiger partial charge < -0.3 is 4.90 Å². The number of nitrogens with zero attached hydrogens (tertiary/aromatic N) is 1. The zero-order valence-electron chi connectivity index (χ0n) is 10.1. The first-order chi connectivity index (χ1) is 8.84. The number of rotatable bonds is 2. The van der Waals surface area contributed by atoms with Crippen LogP contribution in [0.5, 0.6) is 0 Å². The van der Waals surface area contributed by atoms with E-state index >= 15 is 0 Å². The minimum absolute atomic E-state index is 0.0521. The van der Waals surface area contributed by atoms with Gasteiger partial charge in [-0.2, -0.15) is 0 Å². The molecule has 0 saturated carbocycles. The van der Waals surface area contributed by atoms with Crippen molar-refractivity contribution < 1.29 is 4.79 Å². The minimum atomic E-state index is -0.0521. The van der Waals surface area contributed by atoms with Crippen LogP contribution in [0.4, 0.5) is 0 Å². The van der Waals surface area contributed by atoms with Gasteiger partial charge in [-0.25, -0.2) is 0 Å². The molecule has 1 aromatic rings. The maximum absolute atomic E-state index is 12.3. The second kappa shape index (κ2) is 4.65. The van der Waals surface area contributed by atoms with E-state index in [2.05, 4.69) is 18.2 Å². The summed E-state index contributed by atoms with van der Waals surface area (Å²) in [5, 5.41) is 0. The second-order valence-electron chi connectivity index (χ2n) is 4.67. The van der Waals surface area contributed by atoms with Crippen molar-refractivity contribution in [2.75, 3.05) is 6.54 Å². The first-order valence-corrected chi connectivity index (χ1v) is 6.21. The molecule has 1 aromatic carbocycles. The van der Waals surface area contributed by atoms with Crippen LogP contribution in [-0.2, 0) is 11.3 Å². The number of hydrogen-bond donors (Lipinski definition) is 0. The smallest absolute Gasteiger partial charge is 0.234 e. The van der Waals surface area contributed by atoms with Crippen LogP contribution in [0.25, 0.3) is 0 Å². The SMILES string of the molecule is O=C1C2C=CC=CC=C2CN1Cc1ccccc1. The van der Waals surface area contributed by atoms with E-state index in [9.17, 15) is 4.79 Å².